The van der Waals surface area contributed by atoms with E-state index < -0.39 is 0 Å². The zero-order valence-electron chi connectivity index (χ0n) is 9.67. The molecule has 1 aromatic rings. The molecule has 72 valence electrons. The Kier molecular flexibility index (Phi) is 6.17. The summed E-state index contributed by atoms with van der Waals surface area (Å²) in [4.78, 5) is 0. The molecule has 0 aliphatic rings. The molecule has 0 fully saturated rings. The number of hydrogen-bond donors (Lipinski definition) is 0. The zero-order chi connectivity index (χ0) is 9.90. The van der Waals surface area contributed by atoms with Crippen molar-refractivity contribution in [1.29, 1.82) is 0 Å². The Balaban J connectivity index is 0.00000169. The quantitative estimate of drug-likeness (QED) is 0.727. The van der Waals surface area contributed by atoms with Gasteiger partial charge in [-0.3, -0.25) is 0 Å². The fourth-order valence-electron chi connectivity index (χ4n) is 1.28. The van der Waals surface area contributed by atoms with Crippen molar-refractivity contribution in [2.75, 3.05) is 0 Å². The van der Waals surface area contributed by atoms with Crippen LogP contribution in [0.2, 0.25) is 0 Å². The van der Waals surface area contributed by atoms with Crippen LogP contribution in [0.15, 0.2) is 30.3 Å². The molecule has 0 aliphatic heterocycles. The van der Waals surface area contributed by atoms with Gasteiger partial charge in [0.05, 0.1) is 0 Å². The summed E-state index contributed by atoms with van der Waals surface area (Å²) in [5.74, 6) is 1.50. The van der Waals surface area contributed by atoms with Crippen molar-refractivity contribution < 1.29 is 32.7 Å². The molecule has 0 aliphatic carbocycles. The fraction of sp³-hybridized carbons (Fsp3) is 0.462. The van der Waals surface area contributed by atoms with Gasteiger partial charge in [-0.1, -0.05) is 49.7 Å². The largest absolute Gasteiger partial charge is 3.00 e. The second-order valence-electron chi connectivity index (χ2n) is 4.55. The van der Waals surface area contributed by atoms with Crippen LogP contribution in [0, 0.1) is 11.3 Å². The summed E-state index contributed by atoms with van der Waals surface area (Å²) >= 11 is 0. The maximum absolute atomic E-state index is 2.30. The molecule has 0 bridgehead atoms. The molecule has 1 aromatic carbocycles. The molecule has 0 saturated heterocycles. The third kappa shape index (κ3) is 4.23. The predicted molar refractivity (Wildman–Crippen MR) is 58.5 cm³/mol. The first kappa shape index (κ1) is 14.3. The van der Waals surface area contributed by atoms with E-state index in [1.54, 1.807) is 0 Å². The van der Waals surface area contributed by atoms with E-state index >= 15 is 0 Å². The molecule has 0 heterocycles. The van der Waals surface area contributed by atoms with Crippen LogP contribution >= 0.6 is 0 Å². The molecule has 0 radical (unpaired) electrons. The second-order valence-corrected chi connectivity index (χ2v) is 4.55. The number of hydrogen-bond acceptors (Lipinski definition) is 0. The van der Waals surface area contributed by atoms with Crippen molar-refractivity contribution in [2.45, 2.75) is 34.1 Å². The van der Waals surface area contributed by atoms with Crippen molar-refractivity contribution >= 4 is 0 Å². The van der Waals surface area contributed by atoms with Gasteiger partial charge in [0, 0.05) is 0 Å². The Morgan fingerprint density at radius 3 is 2.00 bits per heavy atom. The molecule has 0 N–H and O–H groups in total. The molecule has 0 nitrogen and oxygen atoms in total. The van der Waals surface area contributed by atoms with Crippen LogP contribution in [0.4, 0.5) is 0 Å². The summed E-state index contributed by atoms with van der Waals surface area (Å²) in [6.45, 7) is 9.02. The van der Waals surface area contributed by atoms with Crippen LogP contribution in [-0.2, 0) is 39.1 Å². The Hall–Kier alpha value is 0.324. The number of rotatable bonds is 3. The van der Waals surface area contributed by atoms with E-state index in [9.17, 15) is 0 Å². The van der Waals surface area contributed by atoms with E-state index in [1.165, 1.54) is 11.5 Å². The van der Waals surface area contributed by atoms with Crippen LogP contribution < -0.4 is 0 Å². The topological polar surface area (TPSA) is 0 Å². The molecule has 0 atom stereocenters. The second kappa shape index (κ2) is 6.03. The molecule has 14 heavy (non-hydrogen) atoms. The van der Waals surface area contributed by atoms with Gasteiger partial charge in [0.2, 0.25) is 0 Å². The number of benzene rings is 1. The summed E-state index contributed by atoms with van der Waals surface area (Å²) < 4.78 is 0. The molecule has 0 saturated carbocycles. The average Bonchev–Trinajstić information content (AvgIpc) is 2.05. The van der Waals surface area contributed by atoms with Crippen LogP contribution in [0.3, 0.4) is 0 Å². The van der Waals surface area contributed by atoms with Gasteiger partial charge in [-0.05, 0) is 6.42 Å². The van der Waals surface area contributed by atoms with E-state index in [0.29, 0.717) is 5.41 Å². The zero-order valence-corrected chi connectivity index (χ0v) is 12.5. The Bertz CT molecular complexity index is 249. The van der Waals surface area contributed by atoms with Crippen molar-refractivity contribution in [2.24, 2.45) is 5.41 Å². The van der Waals surface area contributed by atoms with Crippen molar-refractivity contribution in [3.63, 3.8) is 0 Å². The fourth-order valence-corrected chi connectivity index (χ4v) is 1.28. The average molecular weight is 264 g/mol. The monoisotopic (exact) mass is 264 g/mol. The summed E-state index contributed by atoms with van der Waals surface area (Å²) in [5, 5.41) is 0. The predicted octanol–water partition coefficient (Wildman–Crippen LogP) is 3.87. The van der Waals surface area contributed by atoms with Gasteiger partial charge in [0.15, 0.2) is 0 Å². The van der Waals surface area contributed by atoms with Crippen molar-refractivity contribution in [1.82, 2.24) is 0 Å². The molecule has 0 spiro atoms. The third-order valence-electron chi connectivity index (χ3n) is 2.84. The van der Waals surface area contributed by atoms with E-state index in [0.717, 1.165) is 6.42 Å². The first-order valence-corrected chi connectivity index (χ1v) is 4.87. The molecule has 0 unspecified atom stereocenters. The van der Waals surface area contributed by atoms with Crippen LogP contribution in [-0.4, -0.2) is 0 Å². The Morgan fingerprint density at radius 2 is 1.57 bits per heavy atom. The molecular weight excluding hydrogens is 245 g/mol. The minimum absolute atomic E-state index is 0. The van der Waals surface area contributed by atoms with Gasteiger partial charge in [-0.2, -0.15) is 19.3 Å². The van der Waals surface area contributed by atoms with E-state index in [4.69, 9.17) is 0 Å². The van der Waals surface area contributed by atoms with Gasteiger partial charge in [-0.15, -0.1) is 0 Å². The first-order valence-electron chi connectivity index (χ1n) is 4.87. The maximum Gasteiger partial charge on any atom is 3.00 e. The van der Waals surface area contributed by atoms with Crippen molar-refractivity contribution in [3.8, 4) is 0 Å². The summed E-state index contributed by atoms with van der Waals surface area (Å²) in [6.07, 6.45) is 1.14. The van der Waals surface area contributed by atoms with E-state index in [2.05, 4.69) is 58.0 Å². The maximum atomic E-state index is 2.30. The van der Waals surface area contributed by atoms with Gasteiger partial charge in [0.1, 0.15) is 0 Å². The standard InChI is InChI=1S/C13H19.Y/c1-11(2)13(3,4)10-12-8-6-5-7-9-12;/h5-9H,10H2,1-4H3;/q-1;+3. The van der Waals surface area contributed by atoms with Gasteiger partial charge >= 0.3 is 32.7 Å². The molecule has 0 amide bonds. The van der Waals surface area contributed by atoms with Gasteiger partial charge in [-0.25, -0.2) is 0 Å². The van der Waals surface area contributed by atoms with E-state index in [-0.39, 0.29) is 32.7 Å². The summed E-state index contributed by atoms with van der Waals surface area (Å²) in [7, 11) is 0. The van der Waals surface area contributed by atoms with Crippen molar-refractivity contribution in [3.05, 3.63) is 41.8 Å². The minimum Gasteiger partial charge on any atom is -0.314 e. The Labute approximate surface area is 113 Å². The Morgan fingerprint density at radius 1 is 1.07 bits per heavy atom. The van der Waals surface area contributed by atoms with Gasteiger partial charge < -0.3 is 5.92 Å². The molecule has 1 heteroatoms. The van der Waals surface area contributed by atoms with E-state index in [1.807, 2.05) is 0 Å². The van der Waals surface area contributed by atoms with Crippen LogP contribution in [0.5, 0.6) is 0 Å². The molecular formula is C13H19Y+2. The molecule has 0 aromatic heterocycles. The molecule has 1 rings (SSSR count). The van der Waals surface area contributed by atoms with Crippen LogP contribution in [0.1, 0.15) is 33.3 Å². The van der Waals surface area contributed by atoms with Gasteiger partial charge in [0.25, 0.3) is 0 Å². The SMILES string of the molecule is C[C-](C)C(C)(C)Cc1ccccc1.[Y+3]. The summed E-state index contributed by atoms with van der Waals surface area (Å²) in [6, 6.07) is 10.7. The minimum atomic E-state index is 0. The smallest absolute Gasteiger partial charge is 0.314 e. The first-order chi connectivity index (χ1) is 6.02. The third-order valence-corrected chi connectivity index (χ3v) is 2.84. The van der Waals surface area contributed by atoms with Crippen LogP contribution in [0.25, 0.3) is 0 Å². The summed E-state index contributed by atoms with van der Waals surface area (Å²) in [5.41, 5.74) is 1.75. The normalized spacial score (nSPS) is 11.2.